The minimum atomic E-state index is -0.399. The monoisotopic (exact) mass is 329 g/mol. The number of thiazole rings is 1. The van der Waals surface area contributed by atoms with Crippen molar-refractivity contribution < 1.29 is 9.18 Å². The van der Waals surface area contributed by atoms with E-state index in [2.05, 4.69) is 15.6 Å². The number of anilines is 2. The summed E-state index contributed by atoms with van der Waals surface area (Å²) in [7, 11) is 0. The van der Waals surface area contributed by atoms with Crippen LogP contribution in [0.2, 0.25) is 0 Å². The van der Waals surface area contributed by atoms with Crippen LogP contribution in [0.1, 0.15) is 16.7 Å². The fourth-order valence-corrected chi connectivity index (χ4v) is 3.22. The fourth-order valence-electron chi connectivity index (χ4n) is 2.25. The molecule has 0 aliphatic heterocycles. The van der Waals surface area contributed by atoms with Gasteiger partial charge in [0.2, 0.25) is 0 Å². The van der Waals surface area contributed by atoms with Crippen LogP contribution < -0.4 is 10.6 Å². The molecular weight excluding hydrogens is 313 g/mol. The Kier molecular flexibility index (Phi) is 4.00. The summed E-state index contributed by atoms with van der Waals surface area (Å²) in [6.07, 6.45) is 0. The minimum absolute atomic E-state index is 0.280. The largest absolute Gasteiger partial charge is 0.325 e. The van der Waals surface area contributed by atoms with E-state index in [4.69, 9.17) is 0 Å². The molecule has 0 aliphatic rings. The van der Waals surface area contributed by atoms with E-state index in [1.165, 1.54) is 17.4 Å². The number of amides is 2. The third-order valence-electron chi connectivity index (χ3n) is 3.58. The molecular formula is C17H16FN3OS. The van der Waals surface area contributed by atoms with E-state index in [0.29, 0.717) is 15.5 Å². The number of aryl methyl sites for hydroxylation is 3. The molecule has 1 heterocycles. The van der Waals surface area contributed by atoms with Crippen molar-refractivity contribution >= 4 is 38.4 Å². The van der Waals surface area contributed by atoms with Crippen LogP contribution in [-0.4, -0.2) is 11.0 Å². The van der Waals surface area contributed by atoms with E-state index in [9.17, 15) is 9.18 Å². The molecule has 1 aromatic heterocycles. The maximum absolute atomic E-state index is 13.8. The highest BCUT2D eigenvalue weighted by Gasteiger charge is 2.11. The number of halogens is 1. The van der Waals surface area contributed by atoms with Crippen LogP contribution in [0.5, 0.6) is 0 Å². The summed E-state index contributed by atoms with van der Waals surface area (Å²) in [6, 6.07) is 8.56. The molecule has 0 saturated heterocycles. The van der Waals surface area contributed by atoms with Crippen molar-refractivity contribution in [1.82, 2.24) is 4.98 Å². The van der Waals surface area contributed by atoms with E-state index >= 15 is 0 Å². The van der Waals surface area contributed by atoms with E-state index in [1.807, 2.05) is 45.0 Å². The fraction of sp³-hybridized carbons (Fsp3) is 0.176. The number of nitrogens with one attached hydrogen (secondary N) is 2. The molecule has 0 bridgehead atoms. The van der Waals surface area contributed by atoms with Crippen molar-refractivity contribution in [2.24, 2.45) is 0 Å². The topological polar surface area (TPSA) is 54.0 Å². The van der Waals surface area contributed by atoms with Crippen LogP contribution >= 0.6 is 11.3 Å². The quantitative estimate of drug-likeness (QED) is 0.695. The number of urea groups is 1. The number of carbonyl (C=O) groups excluding carboxylic acids is 1. The van der Waals surface area contributed by atoms with Crippen molar-refractivity contribution in [3.8, 4) is 0 Å². The molecule has 4 nitrogen and oxygen atoms in total. The first-order valence-corrected chi connectivity index (χ1v) is 7.96. The molecule has 0 unspecified atom stereocenters. The van der Waals surface area contributed by atoms with Gasteiger partial charge in [-0.1, -0.05) is 17.4 Å². The third kappa shape index (κ3) is 3.32. The molecule has 3 rings (SSSR count). The molecule has 2 aromatic carbocycles. The Morgan fingerprint density at radius 2 is 1.87 bits per heavy atom. The van der Waals surface area contributed by atoms with Crippen LogP contribution in [0.4, 0.5) is 20.0 Å². The second-order valence-corrected chi connectivity index (χ2v) is 6.52. The SMILES string of the molecule is Cc1cc(F)c2nc(NC(=O)Nc3ccc(C)c(C)c3)sc2c1. The average molecular weight is 329 g/mol. The molecule has 6 heteroatoms. The summed E-state index contributed by atoms with van der Waals surface area (Å²) in [4.78, 5) is 16.2. The molecule has 0 radical (unpaired) electrons. The predicted octanol–water partition coefficient (Wildman–Crippen LogP) is 5.00. The highest BCUT2D eigenvalue weighted by Crippen LogP contribution is 2.29. The van der Waals surface area contributed by atoms with E-state index in [1.54, 1.807) is 0 Å². The average Bonchev–Trinajstić information content (AvgIpc) is 2.85. The van der Waals surface area contributed by atoms with Crippen LogP contribution in [-0.2, 0) is 0 Å². The zero-order valence-corrected chi connectivity index (χ0v) is 13.8. The van der Waals surface area contributed by atoms with Crippen molar-refractivity contribution in [1.29, 1.82) is 0 Å². The summed E-state index contributed by atoms with van der Waals surface area (Å²) < 4.78 is 14.6. The molecule has 2 amide bonds. The van der Waals surface area contributed by atoms with Gasteiger partial charge in [0.1, 0.15) is 5.52 Å². The lowest BCUT2D eigenvalue weighted by Crippen LogP contribution is -2.19. The molecule has 0 spiro atoms. The predicted molar refractivity (Wildman–Crippen MR) is 92.9 cm³/mol. The Labute approximate surface area is 137 Å². The summed E-state index contributed by atoms with van der Waals surface area (Å²) >= 11 is 1.25. The van der Waals surface area contributed by atoms with Crippen LogP contribution in [0.15, 0.2) is 30.3 Å². The number of benzene rings is 2. The summed E-state index contributed by atoms with van der Waals surface area (Å²) in [5.41, 5.74) is 4.06. The third-order valence-corrected chi connectivity index (χ3v) is 4.50. The normalized spacial score (nSPS) is 10.8. The van der Waals surface area contributed by atoms with Crippen LogP contribution in [0, 0.1) is 26.6 Å². The number of rotatable bonds is 2. The Bertz CT molecular complexity index is 904. The van der Waals surface area contributed by atoms with Crippen molar-refractivity contribution in [3.05, 3.63) is 52.8 Å². The molecule has 0 fully saturated rings. The van der Waals surface area contributed by atoms with Gasteiger partial charge in [-0.05, 0) is 61.7 Å². The first-order valence-electron chi connectivity index (χ1n) is 7.14. The van der Waals surface area contributed by atoms with Crippen LogP contribution in [0.3, 0.4) is 0 Å². The lowest BCUT2D eigenvalue weighted by molar-refractivity contribution is 0.262. The Balaban J connectivity index is 1.77. The first-order chi connectivity index (χ1) is 10.9. The van der Waals surface area contributed by atoms with Crippen molar-refractivity contribution in [3.63, 3.8) is 0 Å². The highest BCUT2D eigenvalue weighted by atomic mass is 32.1. The molecule has 0 aliphatic carbocycles. The number of nitrogens with zero attached hydrogens (tertiary/aromatic N) is 1. The molecule has 0 atom stereocenters. The summed E-state index contributed by atoms with van der Waals surface area (Å²) in [5, 5.41) is 5.77. The lowest BCUT2D eigenvalue weighted by atomic mass is 10.1. The molecule has 0 saturated carbocycles. The van der Waals surface area contributed by atoms with Gasteiger partial charge in [-0.25, -0.2) is 14.2 Å². The zero-order chi connectivity index (χ0) is 16.6. The maximum Gasteiger partial charge on any atom is 0.325 e. The number of aromatic nitrogens is 1. The lowest BCUT2D eigenvalue weighted by Gasteiger charge is -2.07. The van der Waals surface area contributed by atoms with Gasteiger partial charge in [0, 0.05) is 5.69 Å². The second-order valence-electron chi connectivity index (χ2n) is 5.49. The maximum atomic E-state index is 13.8. The second kappa shape index (κ2) is 5.96. The summed E-state index contributed by atoms with van der Waals surface area (Å²) in [6.45, 7) is 5.82. The number of fused-ring (bicyclic) bond motifs is 1. The Hall–Kier alpha value is -2.47. The van der Waals surface area contributed by atoms with Gasteiger partial charge in [0.25, 0.3) is 0 Å². The van der Waals surface area contributed by atoms with Gasteiger partial charge in [-0.3, -0.25) is 5.32 Å². The van der Waals surface area contributed by atoms with Crippen molar-refractivity contribution in [2.75, 3.05) is 10.6 Å². The number of hydrogen-bond donors (Lipinski definition) is 2. The van der Waals surface area contributed by atoms with E-state index < -0.39 is 6.03 Å². The number of carbonyl (C=O) groups is 1. The van der Waals surface area contributed by atoms with Gasteiger partial charge < -0.3 is 5.32 Å². The zero-order valence-electron chi connectivity index (χ0n) is 13.0. The van der Waals surface area contributed by atoms with Gasteiger partial charge in [0.15, 0.2) is 10.9 Å². The highest BCUT2D eigenvalue weighted by molar-refractivity contribution is 7.22. The minimum Gasteiger partial charge on any atom is -0.308 e. The standard InChI is InChI=1S/C17H16FN3OS/c1-9-6-13(18)15-14(7-9)23-17(20-15)21-16(22)19-12-5-4-10(2)11(3)8-12/h4-8H,1-3H3,(H2,19,20,21,22). The van der Waals surface area contributed by atoms with E-state index in [-0.39, 0.29) is 11.3 Å². The van der Waals surface area contributed by atoms with Gasteiger partial charge in [-0.15, -0.1) is 0 Å². The Morgan fingerprint density at radius 1 is 1.09 bits per heavy atom. The first kappa shape index (κ1) is 15.4. The van der Waals surface area contributed by atoms with Gasteiger partial charge in [0.05, 0.1) is 4.70 Å². The molecule has 3 aromatic rings. The van der Waals surface area contributed by atoms with Crippen LogP contribution in [0.25, 0.3) is 10.2 Å². The van der Waals surface area contributed by atoms with Gasteiger partial charge >= 0.3 is 6.03 Å². The van der Waals surface area contributed by atoms with E-state index in [0.717, 1.165) is 16.7 Å². The summed E-state index contributed by atoms with van der Waals surface area (Å²) in [5.74, 6) is -0.376. The smallest absolute Gasteiger partial charge is 0.308 e. The number of hydrogen-bond acceptors (Lipinski definition) is 3. The van der Waals surface area contributed by atoms with Gasteiger partial charge in [-0.2, -0.15) is 0 Å². The molecule has 118 valence electrons. The van der Waals surface area contributed by atoms with Crippen molar-refractivity contribution in [2.45, 2.75) is 20.8 Å². The Morgan fingerprint density at radius 3 is 2.61 bits per heavy atom. The molecule has 23 heavy (non-hydrogen) atoms. The molecule has 2 N–H and O–H groups in total.